The molecule has 1 amide bonds. The van der Waals surface area contributed by atoms with E-state index in [2.05, 4.69) is 44.3 Å². The summed E-state index contributed by atoms with van der Waals surface area (Å²) in [7, 11) is 0. The Labute approximate surface area is 179 Å². The standard InChI is InChI=1S/C25H35NO4/c1-16-13-24(3)21-17(2)25(16,15-29-23(27)26-18-9-5-4-6-10-18)14-28-22(21)19-11-7-8-12-20(19)30-24/h7-8,11-12,16-18,21-22H,4-6,9-10,13-15H2,1-3H3,(H,26,27)/t16-,17+,21-,22-,24+,25-/m1/s1. The van der Waals surface area contributed by atoms with E-state index in [-0.39, 0.29) is 35.2 Å². The van der Waals surface area contributed by atoms with Crippen LogP contribution in [0.15, 0.2) is 24.3 Å². The van der Waals surface area contributed by atoms with Gasteiger partial charge in [0.25, 0.3) is 0 Å². The number of alkyl carbamates (subject to hydrolysis) is 1. The van der Waals surface area contributed by atoms with E-state index >= 15 is 0 Å². The molecule has 2 heterocycles. The van der Waals surface area contributed by atoms with Crippen molar-refractivity contribution in [2.24, 2.45) is 23.2 Å². The van der Waals surface area contributed by atoms with E-state index in [0.717, 1.165) is 30.6 Å². The highest BCUT2D eigenvalue weighted by atomic mass is 16.6. The molecule has 3 fully saturated rings. The minimum atomic E-state index is -0.267. The quantitative estimate of drug-likeness (QED) is 0.736. The van der Waals surface area contributed by atoms with Gasteiger partial charge in [0.1, 0.15) is 18.0 Å². The van der Waals surface area contributed by atoms with Gasteiger partial charge in [0.15, 0.2) is 0 Å². The summed E-state index contributed by atoms with van der Waals surface area (Å²) in [6.07, 6.45) is 6.52. The zero-order chi connectivity index (χ0) is 20.9. The van der Waals surface area contributed by atoms with Crippen molar-refractivity contribution in [1.29, 1.82) is 0 Å². The highest BCUT2D eigenvalue weighted by Crippen LogP contribution is 2.63. The number of benzene rings is 1. The van der Waals surface area contributed by atoms with E-state index in [0.29, 0.717) is 25.0 Å². The Hall–Kier alpha value is -1.75. The molecule has 0 radical (unpaired) electrons. The van der Waals surface area contributed by atoms with Crippen LogP contribution in [0, 0.1) is 23.2 Å². The Bertz CT molecular complexity index is 806. The van der Waals surface area contributed by atoms with Gasteiger partial charge < -0.3 is 19.5 Å². The largest absolute Gasteiger partial charge is 0.487 e. The Morgan fingerprint density at radius 3 is 2.77 bits per heavy atom. The van der Waals surface area contributed by atoms with Gasteiger partial charge in [0, 0.05) is 22.9 Å². The van der Waals surface area contributed by atoms with Crippen LogP contribution < -0.4 is 10.1 Å². The smallest absolute Gasteiger partial charge is 0.407 e. The van der Waals surface area contributed by atoms with Crippen LogP contribution in [0.2, 0.25) is 0 Å². The predicted molar refractivity (Wildman–Crippen MR) is 114 cm³/mol. The van der Waals surface area contributed by atoms with Crippen molar-refractivity contribution in [3.8, 4) is 5.75 Å². The topological polar surface area (TPSA) is 56.8 Å². The Kier molecular flexibility index (Phi) is 5.00. The molecular weight excluding hydrogens is 378 g/mol. The molecule has 6 atom stereocenters. The summed E-state index contributed by atoms with van der Waals surface area (Å²) in [6, 6.07) is 8.55. The van der Waals surface area contributed by atoms with Crippen LogP contribution in [0.5, 0.6) is 5.75 Å². The minimum absolute atomic E-state index is 0.0478. The first-order valence-corrected chi connectivity index (χ1v) is 11.8. The molecule has 2 aliphatic heterocycles. The van der Waals surface area contributed by atoms with Crippen LogP contribution >= 0.6 is 0 Å². The molecule has 5 rings (SSSR count). The number of rotatable bonds is 3. The molecular formula is C25H35NO4. The number of carbonyl (C=O) groups is 1. The maximum Gasteiger partial charge on any atom is 0.407 e. The van der Waals surface area contributed by atoms with E-state index in [1.54, 1.807) is 0 Å². The third-order valence-corrected chi connectivity index (χ3v) is 8.67. The third kappa shape index (κ3) is 3.12. The molecule has 2 saturated carbocycles. The van der Waals surface area contributed by atoms with Crippen LogP contribution in [0.25, 0.3) is 0 Å². The molecule has 0 spiro atoms. The normalized spacial score (nSPS) is 40.1. The fourth-order valence-corrected chi connectivity index (χ4v) is 6.91. The van der Waals surface area contributed by atoms with Gasteiger partial charge >= 0.3 is 6.09 Å². The van der Waals surface area contributed by atoms with Crippen molar-refractivity contribution >= 4 is 6.09 Å². The lowest BCUT2D eigenvalue weighted by molar-refractivity contribution is -0.259. The summed E-state index contributed by atoms with van der Waals surface area (Å²) in [5, 5.41) is 3.09. The van der Waals surface area contributed by atoms with Gasteiger partial charge in [-0.1, -0.05) is 51.3 Å². The highest BCUT2D eigenvalue weighted by molar-refractivity contribution is 5.67. The van der Waals surface area contributed by atoms with Crippen LogP contribution in [0.3, 0.4) is 0 Å². The van der Waals surface area contributed by atoms with Crippen molar-refractivity contribution in [2.75, 3.05) is 13.2 Å². The first kappa shape index (κ1) is 20.2. The molecule has 0 aromatic heterocycles. The van der Waals surface area contributed by atoms with E-state index in [9.17, 15) is 4.79 Å². The SMILES string of the molecule is C[C@@H]1C[C@]2(C)Oc3ccccc3[C@H]3OC[C@]1(COC(=O)NC1CCCCC1)[C@@H](C)[C@H]32. The second-order valence-corrected chi connectivity index (χ2v) is 10.4. The fraction of sp³-hybridized carbons (Fsp3) is 0.720. The van der Waals surface area contributed by atoms with Crippen molar-refractivity contribution < 1.29 is 19.0 Å². The molecule has 1 aromatic carbocycles. The average molecular weight is 414 g/mol. The zero-order valence-corrected chi connectivity index (χ0v) is 18.5. The molecule has 4 aliphatic rings. The van der Waals surface area contributed by atoms with E-state index in [1.807, 2.05) is 6.07 Å². The number of hydrogen-bond donors (Lipinski definition) is 1. The lowest BCUT2D eigenvalue weighted by Crippen LogP contribution is -2.66. The van der Waals surface area contributed by atoms with Gasteiger partial charge in [0.05, 0.1) is 12.7 Å². The summed E-state index contributed by atoms with van der Waals surface area (Å²) in [6.45, 7) is 7.86. The predicted octanol–water partition coefficient (Wildman–Crippen LogP) is 5.25. The van der Waals surface area contributed by atoms with Crippen molar-refractivity contribution in [2.45, 2.75) is 77.0 Å². The number of ether oxygens (including phenoxy) is 3. The van der Waals surface area contributed by atoms with Gasteiger partial charge in [0.2, 0.25) is 0 Å². The minimum Gasteiger partial charge on any atom is -0.487 e. The summed E-state index contributed by atoms with van der Waals surface area (Å²) in [5.74, 6) is 1.88. The number of fused-ring (bicyclic) bond motifs is 3. The molecule has 30 heavy (non-hydrogen) atoms. The number of hydrogen-bond acceptors (Lipinski definition) is 4. The van der Waals surface area contributed by atoms with Crippen molar-refractivity contribution in [3.05, 3.63) is 29.8 Å². The lowest BCUT2D eigenvalue weighted by Gasteiger charge is -2.63. The van der Waals surface area contributed by atoms with Crippen LogP contribution in [-0.2, 0) is 9.47 Å². The number of carbonyl (C=O) groups excluding carboxylic acids is 1. The molecule has 2 bridgehead atoms. The van der Waals surface area contributed by atoms with E-state index < -0.39 is 0 Å². The second-order valence-electron chi connectivity index (χ2n) is 10.4. The molecule has 2 aliphatic carbocycles. The van der Waals surface area contributed by atoms with E-state index in [4.69, 9.17) is 14.2 Å². The number of para-hydroxylation sites is 1. The zero-order valence-electron chi connectivity index (χ0n) is 18.5. The average Bonchev–Trinajstić information content (AvgIpc) is 2.73. The first-order chi connectivity index (χ1) is 14.4. The molecule has 1 N–H and O–H groups in total. The van der Waals surface area contributed by atoms with Gasteiger partial charge in [-0.15, -0.1) is 0 Å². The van der Waals surface area contributed by atoms with Gasteiger partial charge in [-0.2, -0.15) is 0 Å². The van der Waals surface area contributed by atoms with Crippen LogP contribution in [-0.4, -0.2) is 30.9 Å². The second kappa shape index (κ2) is 7.44. The summed E-state index contributed by atoms with van der Waals surface area (Å²) in [4.78, 5) is 12.5. The third-order valence-electron chi connectivity index (χ3n) is 8.67. The Morgan fingerprint density at radius 2 is 1.97 bits per heavy atom. The summed E-state index contributed by atoms with van der Waals surface area (Å²) in [5.41, 5.74) is 0.734. The number of nitrogens with one attached hydrogen (secondary N) is 1. The van der Waals surface area contributed by atoms with Gasteiger partial charge in [-0.25, -0.2) is 4.79 Å². The van der Waals surface area contributed by atoms with Crippen LogP contribution in [0.1, 0.15) is 71.0 Å². The van der Waals surface area contributed by atoms with Gasteiger partial charge in [-0.05, 0) is 44.1 Å². The maximum atomic E-state index is 12.5. The highest BCUT2D eigenvalue weighted by Gasteiger charge is 2.64. The fourth-order valence-electron chi connectivity index (χ4n) is 6.91. The molecule has 0 unspecified atom stereocenters. The lowest BCUT2D eigenvalue weighted by atomic mass is 9.50. The monoisotopic (exact) mass is 413 g/mol. The van der Waals surface area contributed by atoms with Crippen molar-refractivity contribution in [1.82, 2.24) is 5.32 Å². The van der Waals surface area contributed by atoms with Crippen LogP contribution in [0.4, 0.5) is 4.79 Å². The first-order valence-electron chi connectivity index (χ1n) is 11.8. The molecule has 1 saturated heterocycles. The molecule has 5 heteroatoms. The molecule has 5 nitrogen and oxygen atoms in total. The summed E-state index contributed by atoms with van der Waals surface area (Å²) < 4.78 is 19.0. The van der Waals surface area contributed by atoms with Gasteiger partial charge in [-0.3, -0.25) is 0 Å². The Morgan fingerprint density at radius 1 is 1.20 bits per heavy atom. The molecule has 1 aromatic rings. The molecule has 164 valence electrons. The summed E-state index contributed by atoms with van der Waals surface area (Å²) >= 11 is 0. The van der Waals surface area contributed by atoms with E-state index in [1.165, 1.54) is 19.3 Å². The Balaban J connectivity index is 1.34. The maximum absolute atomic E-state index is 12.5. The van der Waals surface area contributed by atoms with Crippen molar-refractivity contribution in [3.63, 3.8) is 0 Å². The number of amides is 1.